The number of Topliss-reactive ketones (excluding diaryl/α,β-unsaturated/α-hetero) is 1. The normalized spacial score (nSPS) is 9.76. The van der Waals surface area contributed by atoms with Crippen molar-refractivity contribution in [3.8, 4) is 0 Å². The van der Waals surface area contributed by atoms with E-state index in [-0.39, 0.29) is 11.8 Å². The van der Waals surface area contributed by atoms with Crippen LogP contribution in [-0.4, -0.2) is 18.4 Å². The van der Waals surface area contributed by atoms with E-state index in [9.17, 15) is 9.59 Å². The van der Waals surface area contributed by atoms with E-state index in [0.717, 1.165) is 10.0 Å². The fraction of sp³-hybridized carbons (Fsp3) is 0.333. The maximum absolute atomic E-state index is 11.4. The lowest BCUT2D eigenvalue weighted by Crippen LogP contribution is -2.36. The molecule has 92 valence electrons. The Morgan fingerprint density at radius 2 is 1.94 bits per heavy atom. The van der Waals surface area contributed by atoms with Gasteiger partial charge in [-0.25, -0.2) is 4.79 Å². The molecule has 0 aliphatic heterocycles. The quantitative estimate of drug-likeness (QED) is 0.876. The molecule has 2 amide bonds. The van der Waals surface area contributed by atoms with E-state index in [1.54, 1.807) is 0 Å². The molecule has 1 rings (SSSR count). The van der Waals surface area contributed by atoms with Gasteiger partial charge in [-0.15, -0.1) is 0 Å². The van der Waals surface area contributed by atoms with Gasteiger partial charge >= 0.3 is 6.03 Å². The van der Waals surface area contributed by atoms with Gasteiger partial charge in [-0.1, -0.05) is 34.1 Å². The van der Waals surface area contributed by atoms with E-state index in [4.69, 9.17) is 0 Å². The lowest BCUT2D eigenvalue weighted by molar-refractivity contribution is -0.116. The zero-order chi connectivity index (χ0) is 12.7. The minimum Gasteiger partial charge on any atom is -0.338 e. The molecule has 1 aromatic carbocycles. The molecule has 0 fully saturated rings. The first-order chi connectivity index (χ1) is 8.09. The predicted molar refractivity (Wildman–Crippen MR) is 69.7 cm³/mol. The maximum Gasteiger partial charge on any atom is 0.315 e. The van der Waals surface area contributed by atoms with E-state index in [0.29, 0.717) is 19.5 Å². The van der Waals surface area contributed by atoms with Crippen LogP contribution in [0.2, 0.25) is 0 Å². The summed E-state index contributed by atoms with van der Waals surface area (Å²) in [5.41, 5.74) is 1.01. The Morgan fingerprint density at radius 3 is 2.59 bits per heavy atom. The smallest absolute Gasteiger partial charge is 0.315 e. The number of urea groups is 1. The summed E-state index contributed by atoms with van der Waals surface area (Å²) in [5.74, 6) is 0.0658. The summed E-state index contributed by atoms with van der Waals surface area (Å²) in [7, 11) is 0. The highest BCUT2D eigenvalue weighted by atomic mass is 79.9. The van der Waals surface area contributed by atoms with Crippen LogP contribution < -0.4 is 10.6 Å². The Labute approximate surface area is 109 Å². The van der Waals surface area contributed by atoms with Crippen LogP contribution in [-0.2, 0) is 11.3 Å². The molecule has 1 aromatic rings. The molecule has 2 N–H and O–H groups in total. The number of halogens is 1. The highest BCUT2D eigenvalue weighted by molar-refractivity contribution is 9.10. The number of nitrogens with one attached hydrogen (secondary N) is 2. The Hall–Kier alpha value is -1.36. The van der Waals surface area contributed by atoms with Gasteiger partial charge in [0.1, 0.15) is 5.78 Å². The van der Waals surface area contributed by atoms with Crippen molar-refractivity contribution >= 4 is 27.7 Å². The van der Waals surface area contributed by atoms with Gasteiger partial charge in [-0.05, 0) is 18.6 Å². The molecule has 0 aliphatic carbocycles. The van der Waals surface area contributed by atoms with Crippen molar-refractivity contribution in [1.29, 1.82) is 0 Å². The van der Waals surface area contributed by atoms with Crippen LogP contribution in [0.25, 0.3) is 0 Å². The number of ketones is 1. The minimum atomic E-state index is -0.262. The van der Waals surface area contributed by atoms with Gasteiger partial charge < -0.3 is 10.6 Å². The average Bonchev–Trinajstić information content (AvgIpc) is 2.27. The molecule has 0 saturated carbocycles. The minimum absolute atomic E-state index is 0.0658. The lowest BCUT2D eigenvalue weighted by atomic mass is 10.2. The summed E-state index contributed by atoms with van der Waals surface area (Å²) < 4.78 is 0.962. The molecule has 0 aromatic heterocycles. The van der Waals surface area contributed by atoms with E-state index in [1.165, 1.54) is 6.92 Å². The topological polar surface area (TPSA) is 58.2 Å². The summed E-state index contributed by atoms with van der Waals surface area (Å²) in [6.07, 6.45) is 0.364. The van der Waals surface area contributed by atoms with Gasteiger partial charge in [0, 0.05) is 24.0 Å². The number of amides is 2. The van der Waals surface area contributed by atoms with Crippen molar-refractivity contribution in [2.24, 2.45) is 0 Å². The third-order valence-electron chi connectivity index (χ3n) is 2.16. The van der Waals surface area contributed by atoms with Crippen molar-refractivity contribution in [2.75, 3.05) is 6.54 Å². The SMILES string of the molecule is CC(=O)CCNC(=O)NCc1ccccc1Br. The number of carbonyl (C=O) groups excluding carboxylic acids is 2. The molecular formula is C12H15BrN2O2. The molecule has 0 heterocycles. The van der Waals surface area contributed by atoms with Crippen molar-refractivity contribution < 1.29 is 9.59 Å². The summed E-state index contributed by atoms with van der Waals surface area (Å²) in [4.78, 5) is 22.0. The van der Waals surface area contributed by atoms with Crippen LogP contribution in [0.5, 0.6) is 0 Å². The number of rotatable bonds is 5. The second kappa shape index (κ2) is 7.06. The van der Waals surface area contributed by atoms with E-state index >= 15 is 0 Å². The largest absolute Gasteiger partial charge is 0.338 e. The molecule has 17 heavy (non-hydrogen) atoms. The van der Waals surface area contributed by atoms with Crippen molar-refractivity contribution in [1.82, 2.24) is 10.6 Å². The zero-order valence-electron chi connectivity index (χ0n) is 9.63. The average molecular weight is 299 g/mol. The number of hydrogen-bond donors (Lipinski definition) is 2. The van der Waals surface area contributed by atoms with Gasteiger partial charge in [0.2, 0.25) is 0 Å². The van der Waals surface area contributed by atoms with Gasteiger partial charge in [-0.3, -0.25) is 4.79 Å². The van der Waals surface area contributed by atoms with Crippen molar-refractivity contribution in [3.63, 3.8) is 0 Å². The van der Waals surface area contributed by atoms with Crippen LogP contribution >= 0.6 is 15.9 Å². The standard InChI is InChI=1S/C12H15BrN2O2/c1-9(16)6-7-14-12(17)15-8-10-4-2-3-5-11(10)13/h2-5H,6-8H2,1H3,(H2,14,15,17). The van der Waals surface area contributed by atoms with Crippen LogP contribution in [0.1, 0.15) is 18.9 Å². The molecule has 0 aliphatic rings. The molecule has 0 radical (unpaired) electrons. The van der Waals surface area contributed by atoms with Crippen LogP contribution in [0.4, 0.5) is 4.79 Å². The second-order valence-electron chi connectivity index (χ2n) is 3.65. The van der Waals surface area contributed by atoms with Gasteiger partial charge in [0.05, 0.1) is 0 Å². The first kappa shape index (κ1) is 13.7. The van der Waals surface area contributed by atoms with E-state index in [2.05, 4.69) is 26.6 Å². The van der Waals surface area contributed by atoms with Crippen molar-refractivity contribution in [2.45, 2.75) is 19.9 Å². The van der Waals surface area contributed by atoms with Gasteiger partial charge in [0.15, 0.2) is 0 Å². The zero-order valence-corrected chi connectivity index (χ0v) is 11.2. The van der Waals surface area contributed by atoms with Gasteiger partial charge in [-0.2, -0.15) is 0 Å². The number of carbonyl (C=O) groups is 2. The van der Waals surface area contributed by atoms with E-state index < -0.39 is 0 Å². The van der Waals surface area contributed by atoms with Crippen LogP contribution in [0.3, 0.4) is 0 Å². The predicted octanol–water partition coefficient (Wildman–Crippen LogP) is 2.23. The highest BCUT2D eigenvalue weighted by Crippen LogP contribution is 2.15. The monoisotopic (exact) mass is 298 g/mol. The molecule has 5 heteroatoms. The first-order valence-electron chi connectivity index (χ1n) is 5.34. The number of hydrogen-bond acceptors (Lipinski definition) is 2. The molecule has 0 bridgehead atoms. The Bertz CT molecular complexity index is 407. The second-order valence-corrected chi connectivity index (χ2v) is 4.51. The summed E-state index contributed by atoms with van der Waals surface area (Å²) in [5, 5.41) is 5.34. The summed E-state index contributed by atoms with van der Waals surface area (Å²) in [6, 6.07) is 7.42. The van der Waals surface area contributed by atoms with Crippen LogP contribution in [0, 0.1) is 0 Å². The number of benzene rings is 1. The Kier molecular flexibility index (Phi) is 5.69. The third kappa shape index (κ3) is 5.49. The lowest BCUT2D eigenvalue weighted by Gasteiger charge is -2.08. The Balaban J connectivity index is 2.29. The molecule has 0 atom stereocenters. The third-order valence-corrected chi connectivity index (χ3v) is 2.93. The molecular weight excluding hydrogens is 284 g/mol. The summed E-state index contributed by atoms with van der Waals surface area (Å²) >= 11 is 3.40. The molecule has 4 nitrogen and oxygen atoms in total. The van der Waals surface area contributed by atoms with Crippen LogP contribution in [0.15, 0.2) is 28.7 Å². The molecule has 0 spiro atoms. The highest BCUT2D eigenvalue weighted by Gasteiger charge is 2.02. The van der Waals surface area contributed by atoms with E-state index in [1.807, 2.05) is 24.3 Å². The first-order valence-corrected chi connectivity index (χ1v) is 6.13. The maximum atomic E-state index is 11.4. The Morgan fingerprint density at radius 1 is 1.24 bits per heavy atom. The van der Waals surface area contributed by atoms with Crippen molar-refractivity contribution in [3.05, 3.63) is 34.3 Å². The molecule has 0 saturated heterocycles. The fourth-order valence-corrected chi connectivity index (χ4v) is 1.66. The molecule has 0 unspecified atom stereocenters. The van der Waals surface area contributed by atoms with Gasteiger partial charge in [0.25, 0.3) is 0 Å². The summed E-state index contributed by atoms with van der Waals surface area (Å²) in [6.45, 7) is 2.32. The fourth-order valence-electron chi connectivity index (χ4n) is 1.23.